The first-order valence-corrected chi connectivity index (χ1v) is 17.8. The molecule has 0 saturated carbocycles. The Bertz CT molecular complexity index is 2890. The SMILES string of the molecule is N#Cc1ccc(N(c2ccc3c(c2)-c2ccccc2C32c3ccccc3-c3ccccc32)c2cccc3c4ccccc4c4ccccc4c23)cc1. The zero-order valence-corrected chi connectivity index (χ0v) is 28.2. The van der Waals surface area contributed by atoms with Gasteiger partial charge in [-0.15, -0.1) is 0 Å². The van der Waals surface area contributed by atoms with Crippen molar-refractivity contribution in [2.45, 2.75) is 5.41 Å². The van der Waals surface area contributed by atoms with Crippen LogP contribution in [0.3, 0.4) is 0 Å². The molecule has 0 saturated heterocycles. The molecule has 1 spiro atoms. The van der Waals surface area contributed by atoms with Crippen molar-refractivity contribution in [3.63, 3.8) is 0 Å². The van der Waals surface area contributed by atoms with Crippen LogP contribution in [-0.2, 0) is 5.41 Å². The van der Waals surface area contributed by atoms with Crippen molar-refractivity contribution in [3.8, 4) is 28.3 Å². The normalized spacial score (nSPS) is 13.1. The molecule has 0 radical (unpaired) electrons. The summed E-state index contributed by atoms with van der Waals surface area (Å²) in [6.07, 6.45) is 0. The largest absolute Gasteiger partial charge is 0.310 e. The highest BCUT2D eigenvalue weighted by Gasteiger charge is 2.51. The average molecular weight is 659 g/mol. The Morgan fingerprint density at radius 3 is 1.40 bits per heavy atom. The molecular formula is C50H30N2. The quantitative estimate of drug-likeness (QED) is 0.177. The highest BCUT2D eigenvalue weighted by molar-refractivity contribution is 6.28. The van der Waals surface area contributed by atoms with Crippen molar-refractivity contribution in [1.29, 1.82) is 5.26 Å². The fourth-order valence-corrected chi connectivity index (χ4v) is 9.46. The highest BCUT2D eigenvalue weighted by Crippen LogP contribution is 2.63. The van der Waals surface area contributed by atoms with E-state index in [0.717, 1.165) is 17.1 Å². The van der Waals surface area contributed by atoms with Gasteiger partial charge >= 0.3 is 0 Å². The predicted octanol–water partition coefficient (Wildman–Crippen LogP) is 12.8. The molecule has 2 heteroatoms. The van der Waals surface area contributed by atoms with Crippen LogP contribution in [-0.4, -0.2) is 0 Å². The summed E-state index contributed by atoms with van der Waals surface area (Å²) >= 11 is 0. The lowest BCUT2D eigenvalue weighted by atomic mass is 9.70. The van der Waals surface area contributed by atoms with E-state index in [0.29, 0.717) is 5.56 Å². The van der Waals surface area contributed by atoms with E-state index < -0.39 is 5.41 Å². The first kappa shape index (κ1) is 28.8. The summed E-state index contributed by atoms with van der Waals surface area (Å²) in [4.78, 5) is 2.38. The van der Waals surface area contributed by atoms with Crippen molar-refractivity contribution >= 4 is 49.4 Å². The third-order valence-electron chi connectivity index (χ3n) is 11.5. The molecule has 240 valence electrons. The molecule has 11 rings (SSSR count). The van der Waals surface area contributed by atoms with Crippen molar-refractivity contribution in [2.24, 2.45) is 0 Å². The van der Waals surface area contributed by atoms with Gasteiger partial charge in [-0.1, -0.05) is 140 Å². The molecule has 0 bridgehead atoms. The van der Waals surface area contributed by atoms with Crippen LogP contribution in [0.4, 0.5) is 17.1 Å². The lowest BCUT2D eigenvalue weighted by Crippen LogP contribution is -2.25. The Hall–Kier alpha value is -6.95. The van der Waals surface area contributed by atoms with E-state index in [2.05, 4.69) is 181 Å². The van der Waals surface area contributed by atoms with Crippen LogP contribution in [0.5, 0.6) is 0 Å². The van der Waals surface area contributed by atoms with Gasteiger partial charge in [-0.25, -0.2) is 0 Å². The number of anilines is 3. The Labute approximate surface area is 302 Å². The van der Waals surface area contributed by atoms with Crippen molar-refractivity contribution in [1.82, 2.24) is 0 Å². The number of nitriles is 1. The predicted molar refractivity (Wildman–Crippen MR) is 215 cm³/mol. The molecule has 9 aromatic rings. The number of benzene rings is 9. The summed E-state index contributed by atoms with van der Waals surface area (Å²) in [5.41, 5.74) is 13.8. The molecule has 52 heavy (non-hydrogen) atoms. The highest BCUT2D eigenvalue weighted by atomic mass is 15.1. The molecule has 0 amide bonds. The van der Waals surface area contributed by atoms with Crippen LogP contribution in [0.2, 0.25) is 0 Å². The smallest absolute Gasteiger partial charge is 0.0991 e. The summed E-state index contributed by atoms with van der Waals surface area (Å²) in [6, 6.07) is 68.4. The summed E-state index contributed by atoms with van der Waals surface area (Å²) in [5.74, 6) is 0. The monoisotopic (exact) mass is 658 g/mol. The molecule has 9 aromatic carbocycles. The average Bonchev–Trinajstić information content (AvgIpc) is 3.68. The zero-order chi connectivity index (χ0) is 34.4. The lowest BCUT2D eigenvalue weighted by molar-refractivity contribution is 0.794. The first-order valence-electron chi connectivity index (χ1n) is 17.8. The molecule has 0 fully saturated rings. The number of rotatable bonds is 3. The fraction of sp³-hybridized carbons (Fsp3) is 0.0200. The van der Waals surface area contributed by atoms with E-state index >= 15 is 0 Å². The molecule has 0 aliphatic heterocycles. The molecule has 2 aliphatic carbocycles. The summed E-state index contributed by atoms with van der Waals surface area (Å²) in [5, 5.41) is 17.1. The van der Waals surface area contributed by atoms with Gasteiger partial charge in [-0.2, -0.15) is 5.26 Å². The van der Waals surface area contributed by atoms with Crippen LogP contribution in [0.15, 0.2) is 182 Å². The summed E-state index contributed by atoms with van der Waals surface area (Å²) in [6.45, 7) is 0. The zero-order valence-electron chi connectivity index (χ0n) is 28.2. The van der Waals surface area contributed by atoms with Gasteiger partial charge in [0.2, 0.25) is 0 Å². The van der Waals surface area contributed by atoms with E-state index in [1.165, 1.54) is 76.8 Å². The van der Waals surface area contributed by atoms with Gasteiger partial charge in [0.05, 0.1) is 22.7 Å². The minimum absolute atomic E-state index is 0.397. The van der Waals surface area contributed by atoms with E-state index in [9.17, 15) is 5.26 Å². The number of hydrogen-bond donors (Lipinski definition) is 0. The van der Waals surface area contributed by atoms with Crippen LogP contribution in [0, 0.1) is 11.3 Å². The Balaban J connectivity index is 1.22. The van der Waals surface area contributed by atoms with Gasteiger partial charge in [0.25, 0.3) is 0 Å². The van der Waals surface area contributed by atoms with Crippen LogP contribution >= 0.6 is 0 Å². The second-order valence-electron chi connectivity index (χ2n) is 13.9. The van der Waals surface area contributed by atoms with Gasteiger partial charge in [0.15, 0.2) is 0 Å². The molecule has 0 unspecified atom stereocenters. The van der Waals surface area contributed by atoms with Gasteiger partial charge in [-0.05, 0) is 114 Å². The Morgan fingerprint density at radius 2 is 0.827 bits per heavy atom. The van der Waals surface area contributed by atoms with E-state index in [4.69, 9.17) is 0 Å². The summed E-state index contributed by atoms with van der Waals surface area (Å²) < 4.78 is 0. The second-order valence-corrected chi connectivity index (χ2v) is 13.9. The van der Waals surface area contributed by atoms with Crippen molar-refractivity contribution in [2.75, 3.05) is 4.90 Å². The Kier molecular flexibility index (Phi) is 5.98. The molecule has 0 atom stereocenters. The van der Waals surface area contributed by atoms with Crippen LogP contribution in [0.25, 0.3) is 54.6 Å². The molecule has 2 nitrogen and oxygen atoms in total. The molecule has 0 heterocycles. The topological polar surface area (TPSA) is 27.0 Å². The maximum absolute atomic E-state index is 9.74. The van der Waals surface area contributed by atoms with Crippen molar-refractivity contribution in [3.05, 3.63) is 210 Å². The fourth-order valence-electron chi connectivity index (χ4n) is 9.46. The molecule has 0 N–H and O–H groups in total. The maximum Gasteiger partial charge on any atom is 0.0991 e. The lowest BCUT2D eigenvalue weighted by Gasteiger charge is -2.31. The van der Waals surface area contributed by atoms with Crippen LogP contribution < -0.4 is 4.90 Å². The number of hydrogen-bond acceptors (Lipinski definition) is 2. The van der Waals surface area contributed by atoms with E-state index in [-0.39, 0.29) is 0 Å². The van der Waals surface area contributed by atoms with Gasteiger partial charge in [0, 0.05) is 16.8 Å². The van der Waals surface area contributed by atoms with Gasteiger partial charge < -0.3 is 4.90 Å². The van der Waals surface area contributed by atoms with Gasteiger partial charge in [-0.3, -0.25) is 0 Å². The Morgan fingerprint density at radius 1 is 0.385 bits per heavy atom. The van der Waals surface area contributed by atoms with Crippen molar-refractivity contribution < 1.29 is 0 Å². The molecule has 0 aromatic heterocycles. The van der Waals surface area contributed by atoms with Crippen LogP contribution in [0.1, 0.15) is 27.8 Å². The second kappa shape index (κ2) is 10.8. The minimum Gasteiger partial charge on any atom is -0.310 e. The molecule has 2 aliphatic rings. The standard InChI is InChI=1S/C50H30N2/c51-31-32-24-26-33(27-25-32)52(48-23-11-19-42-37-13-2-1-12-35(37)36-14-3-4-18-41(36)49(42)48)34-28-29-47-43(30-34)40-17-7-10-22-46(40)50(47)44-20-8-5-15-38(44)39-16-6-9-21-45(39)50/h1-30H. The minimum atomic E-state index is -0.397. The van der Waals surface area contributed by atoms with E-state index in [1.807, 2.05) is 12.1 Å². The molecular weight excluding hydrogens is 629 g/mol. The third kappa shape index (κ3) is 3.72. The number of nitrogens with zero attached hydrogens (tertiary/aromatic N) is 2. The summed E-state index contributed by atoms with van der Waals surface area (Å²) in [7, 11) is 0. The van der Waals surface area contributed by atoms with E-state index in [1.54, 1.807) is 0 Å². The third-order valence-corrected chi connectivity index (χ3v) is 11.5. The maximum atomic E-state index is 9.74. The first-order chi connectivity index (χ1) is 25.8. The number of fused-ring (bicyclic) bond motifs is 16. The van der Waals surface area contributed by atoms with Gasteiger partial charge in [0.1, 0.15) is 0 Å².